The monoisotopic (exact) mass is 649 g/mol. The Morgan fingerprint density at radius 2 is 1.74 bits per heavy atom. The third-order valence-corrected chi connectivity index (χ3v) is 7.22. The minimum atomic E-state index is -0.863. The lowest BCUT2D eigenvalue weighted by atomic mass is 10.0. The number of hydrogen-bond donors (Lipinski definition) is 3. The van der Waals surface area contributed by atoms with Crippen molar-refractivity contribution < 1.29 is 28.2 Å². The number of phenols is 1. The summed E-state index contributed by atoms with van der Waals surface area (Å²) in [7, 11) is 0. The average molecular weight is 649 g/mol. The van der Waals surface area contributed by atoms with Gasteiger partial charge < -0.3 is 25.8 Å². The van der Waals surface area contributed by atoms with Crippen LogP contribution >= 0.6 is 22.6 Å². The molecule has 1 aliphatic rings. The predicted octanol–water partition coefficient (Wildman–Crippen LogP) is 4.40. The Bertz CT molecular complexity index is 1310. The fourth-order valence-electron chi connectivity index (χ4n) is 4.55. The Kier molecular flexibility index (Phi) is 9.87. The minimum absolute atomic E-state index is 0.0271. The summed E-state index contributed by atoms with van der Waals surface area (Å²) in [6, 6.07) is 14.2. The maximum Gasteiger partial charge on any atom is 0.338 e. The van der Waals surface area contributed by atoms with Gasteiger partial charge in [0, 0.05) is 41.9 Å². The summed E-state index contributed by atoms with van der Waals surface area (Å²) in [6.07, 6.45) is 0.973. The summed E-state index contributed by atoms with van der Waals surface area (Å²) < 4.78 is 34.3. The number of amides is 1. The highest BCUT2D eigenvalue weighted by atomic mass is 127. The van der Waals surface area contributed by atoms with E-state index in [0.29, 0.717) is 25.2 Å². The van der Waals surface area contributed by atoms with E-state index in [-0.39, 0.29) is 35.7 Å². The zero-order chi connectivity index (χ0) is 27.9. The third kappa shape index (κ3) is 7.96. The number of nitrogens with two attached hydrogens (primary N) is 1. The standard InChI is InChI=1S/C29H30F2IN3O4/c30-21-10-19(11-22(31)15-21)13-25(33)27(17-34-16-18-4-3-5-23(32)12-18)39-29(38)20-6-7-26(36)24(14-20)28(37)35-8-1-2-9-35/h3-7,10-12,14-15,25,27,34,36H,1-2,8-9,13,16-17,33H2/t25-,27+/m0/s1. The van der Waals surface area contributed by atoms with Crippen LogP contribution in [0.4, 0.5) is 8.78 Å². The Hall–Kier alpha value is -3.09. The number of phenolic OH excluding ortho intramolecular Hbond substituents is 1. The number of carbonyl (C=O) groups excluding carboxylic acids is 2. The topological polar surface area (TPSA) is 105 Å². The molecule has 39 heavy (non-hydrogen) atoms. The number of rotatable bonds is 10. The number of likely N-dealkylation sites (tertiary alicyclic amines) is 1. The number of hydrogen-bond acceptors (Lipinski definition) is 6. The van der Waals surface area contributed by atoms with Gasteiger partial charge in [-0.1, -0.05) is 12.1 Å². The van der Waals surface area contributed by atoms with Crippen LogP contribution in [0.5, 0.6) is 5.75 Å². The van der Waals surface area contributed by atoms with Crippen LogP contribution in [-0.2, 0) is 17.7 Å². The van der Waals surface area contributed by atoms with E-state index in [4.69, 9.17) is 10.5 Å². The molecule has 3 aromatic carbocycles. The van der Waals surface area contributed by atoms with Crippen molar-refractivity contribution in [2.24, 2.45) is 5.73 Å². The Balaban J connectivity index is 1.50. The van der Waals surface area contributed by atoms with Gasteiger partial charge >= 0.3 is 5.97 Å². The third-order valence-electron chi connectivity index (χ3n) is 6.55. The van der Waals surface area contributed by atoms with E-state index in [1.165, 1.54) is 30.3 Å². The lowest BCUT2D eigenvalue weighted by Gasteiger charge is -2.25. The normalized spacial score (nSPS) is 14.7. The van der Waals surface area contributed by atoms with Gasteiger partial charge in [-0.15, -0.1) is 0 Å². The molecule has 0 radical (unpaired) electrons. The fourth-order valence-corrected chi connectivity index (χ4v) is 5.16. The number of ether oxygens (including phenoxy) is 1. The summed E-state index contributed by atoms with van der Waals surface area (Å²) in [5, 5.41) is 13.5. The zero-order valence-electron chi connectivity index (χ0n) is 21.2. The molecule has 0 aromatic heterocycles. The second-order valence-electron chi connectivity index (χ2n) is 9.58. The molecule has 4 rings (SSSR count). The molecule has 0 spiro atoms. The molecule has 1 amide bonds. The van der Waals surface area contributed by atoms with Gasteiger partial charge in [-0.25, -0.2) is 13.6 Å². The van der Waals surface area contributed by atoms with Gasteiger partial charge in [0.2, 0.25) is 0 Å². The first-order chi connectivity index (χ1) is 18.7. The summed E-state index contributed by atoms with van der Waals surface area (Å²) in [6.45, 7) is 1.85. The number of esters is 1. The van der Waals surface area contributed by atoms with Crippen LogP contribution in [0.25, 0.3) is 0 Å². The molecule has 2 atom stereocenters. The second kappa shape index (κ2) is 13.3. The molecule has 1 aliphatic heterocycles. The van der Waals surface area contributed by atoms with Crippen molar-refractivity contribution in [2.45, 2.75) is 38.0 Å². The van der Waals surface area contributed by atoms with Gasteiger partial charge in [0.15, 0.2) is 0 Å². The Labute approximate surface area is 239 Å². The van der Waals surface area contributed by atoms with E-state index < -0.39 is 29.7 Å². The van der Waals surface area contributed by atoms with Crippen LogP contribution < -0.4 is 11.1 Å². The smallest absolute Gasteiger partial charge is 0.338 e. The van der Waals surface area contributed by atoms with Crippen LogP contribution in [0.1, 0.15) is 44.7 Å². The van der Waals surface area contributed by atoms with E-state index >= 15 is 0 Å². The first kappa shape index (κ1) is 28.9. The van der Waals surface area contributed by atoms with Crippen molar-refractivity contribution >= 4 is 34.5 Å². The van der Waals surface area contributed by atoms with Gasteiger partial charge in [0.05, 0.1) is 11.1 Å². The van der Waals surface area contributed by atoms with Crippen molar-refractivity contribution in [3.8, 4) is 5.75 Å². The van der Waals surface area contributed by atoms with Crippen molar-refractivity contribution in [1.82, 2.24) is 10.2 Å². The van der Waals surface area contributed by atoms with E-state index in [1.807, 2.05) is 24.3 Å². The Morgan fingerprint density at radius 3 is 2.44 bits per heavy atom. The van der Waals surface area contributed by atoms with Gasteiger partial charge in [0.25, 0.3) is 5.91 Å². The molecule has 1 fully saturated rings. The van der Waals surface area contributed by atoms with Crippen LogP contribution in [0.3, 0.4) is 0 Å². The Morgan fingerprint density at radius 1 is 1.03 bits per heavy atom. The number of aromatic hydroxyl groups is 1. The summed E-state index contributed by atoms with van der Waals surface area (Å²) >= 11 is 2.22. The van der Waals surface area contributed by atoms with Crippen LogP contribution in [0.15, 0.2) is 60.7 Å². The molecule has 0 aliphatic carbocycles. The van der Waals surface area contributed by atoms with E-state index in [1.54, 1.807) is 4.90 Å². The lowest BCUT2D eigenvalue weighted by molar-refractivity contribution is 0.0238. The molecule has 4 N–H and O–H groups in total. The largest absolute Gasteiger partial charge is 0.507 e. The van der Waals surface area contributed by atoms with E-state index in [9.17, 15) is 23.5 Å². The molecule has 7 nitrogen and oxygen atoms in total. The highest BCUT2D eigenvalue weighted by molar-refractivity contribution is 14.1. The average Bonchev–Trinajstić information content (AvgIpc) is 3.42. The molecule has 0 bridgehead atoms. The van der Waals surface area contributed by atoms with Crippen LogP contribution in [0, 0.1) is 15.2 Å². The molecular weight excluding hydrogens is 619 g/mol. The molecule has 206 valence electrons. The number of carbonyl (C=O) groups is 2. The first-order valence-electron chi connectivity index (χ1n) is 12.7. The number of benzene rings is 3. The van der Waals surface area contributed by atoms with Gasteiger partial charge in [-0.05, 0) is 95.4 Å². The number of nitrogens with zero attached hydrogens (tertiary/aromatic N) is 1. The maximum absolute atomic E-state index is 13.8. The fraction of sp³-hybridized carbons (Fsp3) is 0.310. The summed E-state index contributed by atoms with van der Waals surface area (Å²) in [5.74, 6) is -2.74. The number of nitrogens with one attached hydrogen (secondary N) is 1. The van der Waals surface area contributed by atoms with E-state index in [0.717, 1.165) is 28.0 Å². The van der Waals surface area contributed by atoms with Crippen LogP contribution in [0.2, 0.25) is 0 Å². The van der Waals surface area contributed by atoms with Crippen molar-refractivity contribution in [3.63, 3.8) is 0 Å². The molecule has 1 saturated heterocycles. The van der Waals surface area contributed by atoms with Gasteiger partial charge in [-0.2, -0.15) is 0 Å². The molecule has 3 aromatic rings. The van der Waals surface area contributed by atoms with Crippen molar-refractivity contribution in [3.05, 3.63) is 98.1 Å². The summed E-state index contributed by atoms with van der Waals surface area (Å²) in [5.41, 5.74) is 7.87. The number of halogens is 3. The second-order valence-corrected chi connectivity index (χ2v) is 10.8. The molecule has 0 unspecified atom stereocenters. The maximum atomic E-state index is 13.8. The lowest BCUT2D eigenvalue weighted by Crippen LogP contribution is -2.46. The predicted molar refractivity (Wildman–Crippen MR) is 151 cm³/mol. The van der Waals surface area contributed by atoms with Gasteiger partial charge in [-0.3, -0.25) is 4.79 Å². The quantitative estimate of drug-likeness (QED) is 0.222. The zero-order valence-corrected chi connectivity index (χ0v) is 23.4. The first-order valence-corrected chi connectivity index (χ1v) is 13.8. The highest BCUT2D eigenvalue weighted by Gasteiger charge is 2.26. The minimum Gasteiger partial charge on any atom is -0.507 e. The molecule has 10 heteroatoms. The molecular formula is C29H30F2IN3O4. The molecule has 1 heterocycles. The highest BCUT2D eigenvalue weighted by Crippen LogP contribution is 2.23. The van der Waals surface area contributed by atoms with E-state index in [2.05, 4.69) is 27.9 Å². The van der Waals surface area contributed by atoms with Crippen molar-refractivity contribution in [2.75, 3.05) is 19.6 Å². The SMILES string of the molecule is N[C@@H](Cc1cc(F)cc(F)c1)[C@@H](CNCc1cccc(I)c1)OC(=O)c1ccc(O)c(C(=O)N2CCCC2)c1. The summed E-state index contributed by atoms with van der Waals surface area (Å²) in [4.78, 5) is 27.7. The molecule has 0 saturated carbocycles. The van der Waals surface area contributed by atoms with Gasteiger partial charge in [0.1, 0.15) is 23.5 Å². The van der Waals surface area contributed by atoms with Crippen LogP contribution in [-0.4, -0.2) is 53.7 Å². The van der Waals surface area contributed by atoms with Crippen molar-refractivity contribution in [1.29, 1.82) is 0 Å².